The summed E-state index contributed by atoms with van der Waals surface area (Å²) in [5, 5.41) is 10.8. The van der Waals surface area contributed by atoms with Crippen molar-refractivity contribution in [1.29, 1.82) is 0 Å². The average molecular weight is 187 g/mol. The maximum Gasteiger partial charge on any atom is 0.409 e. The molecule has 0 aliphatic rings. The molecule has 1 rings (SSSR count). The summed E-state index contributed by atoms with van der Waals surface area (Å²) in [5.74, 6) is 0. The lowest BCUT2D eigenvalue weighted by atomic mass is 10.3. The number of halogens is 1. The highest BCUT2D eigenvalue weighted by Gasteiger charge is 2.05. The molecule has 4 nitrogen and oxygen atoms in total. The van der Waals surface area contributed by atoms with Gasteiger partial charge in [0.15, 0.2) is 0 Å². The Morgan fingerprint density at radius 3 is 2.75 bits per heavy atom. The largest absolute Gasteiger partial charge is 0.465 e. The van der Waals surface area contributed by atoms with Crippen LogP contribution in [0.25, 0.3) is 0 Å². The lowest BCUT2D eigenvalue weighted by molar-refractivity contribution is 0.210. The molecule has 64 valence electrons. The number of hydrogen-bond acceptors (Lipinski definition) is 2. The van der Waals surface area contributed by atoms with Gasteiger partial charge in [0, 0.05) is 0 Å². The fraction of sp³-hybridized carbons (Fsp3) is 0. The minimum atomic E-state index is -1.19. The highest BCUT2D eigenvalue weighted by Crippen LogP contribution is 2.27. The van der Waals surface area contributed by atoms with E-state index in [-0.39, 0.29) is 10.7 Å². The molecule has 12 heavy (non-hydrogen) atoms. The van der Waals surface area contributed by atoms with Gasteiger partial charge >= 0.3 is 6.09 Å². The van der Waals surface area contributed by atoms with E-state index in [1.165, 1.54) is 0 Å². The zero-order valence-electron chi connectivity index (χ0n) is 6.04. The van der Waals surface area contributed by atoms with Crippen LogP contribution in [-0.4, -0.2) is 11.2 Å². The van der Waals surface area contributed by atoms with Gasteiger partial charge in [0.1, 0.15) is 0 Å². The van der Waals surface area contributed by atoms with Crippen molar-refractivity contribution in [3.63, 3.8) is 0 Å². The monoisotopic (exact) mass is 186 g/mol. The van der Waals surface area contributed by atoms with E-state index in [2.05, 4.69) is 5.32 Å². The van der Waals surface area contributed by atoms with E-state index in [0.717, 1.165) is 0 Å². The topological polar surface area (TPSA) is 75.3 Å². The molecule has 5 heteroatoms. The third kappa shape index (κ3) is 1.79. The third-order valence-electron chi connectivity index (χ3n) is 1.28. The fourth-order valence-electron chi connectivity index (χ4n) is 0.780. The standard InChI is InChI=1S/C7H7ClN2O2/c8-4-2-1-3-5(9)6(4)10-7(11)12/h1-3,10H,9H2,(H,11,12). The predicted molar refractivity (Wildman–Crippen MR) is 47.5 cm³/mol. The number of carboxylic acid groups (broad SMARTS) is 1. The van der Waals surface area contributed by atoms with Gasteiger partial charge in [-0.2, -0.15) is 0 Å². The number of nitrogens with one attached hydrogen (secondary N) is 1. The van der Waals surface area contributed by atoms with Gasteiger partial charge in [0.05, 0.1) is 16.4 Å². The summed E-state index contributed by atoms with van der Waals surface area (Å²) in [4.78, 5) is 10.2. The number of rotatable bonds is 1. The zero-order valence-corrected chi connectivity index (χ0v) is 6.80. The van der Waals surface area contributed by atoms with Crippen molar-refractivity contribution >= 4 is 29.1 Å². The molecule has 0 saturated carbocycles. The lowest BCUT2D eigenvalue weighted by Crippen LogP contribution is -2.09. The van der Waals surface area contributed by atoms with Gasteiger partial charge in [-0.25, -0.2) is 4.79 Å². The van der Waals surface area contributed by atoms with Crippen LogP contribution in [0.15, 0.2) is 18.2 Å². The summed E-state index contributed by atoms with van der Waals surface area (Å²) in [7, 11) is 0. The maximum atomic E-state index is 10.2. The minimum absolute atomic E-state index is 0.228. The normalized spacial score (nSPS) is 9.42. The minimum Gasteiger partial charge on any atom is -0.465 e. The summed E-state index contributed by atoms with van der Waals surface area (Å²) in [6.45, 7) is 0. The first-order valence-electron chi connectivity index (χ1n) is 3.15. The van der Waals surface area contributed by atoms with Crippen LogP contribution in [0.4, 0.5) is 16.2 Å². The number of carbonyl (C=O) groups is 1. The van der Waals surface area contributed by atoms with Crippen molar-refractivity contribution < 1.29 is 9.90 Å². The molecule has 0 bridgehead atoms. The van der Waals surface area contributed by atoms with Crippen LogP contribution < -0.4 is 11.1 Å². The Bertz CT molecular complexity index is 294. The molecule has 4 N–H and O–H groups in total. The van der Waals surface area contributed by atoms with Crippen LogP contribution in [0.5, 0.6) is 0 Å². The van der Waals surface area contributed by atoms with Gasteiger partial charge in [-0.05, 0) is 12.1 Å². The Hall–Kier alpha value is -1.42. The van der Waals surface area contributed by atoms with Crippen LogP contribution >= 0.6 is 11.6 Å². The SMILES string of the molecule is Nc1cccc(Cl)c1NC(=O)O. The molecule has 0 heterocycles. The first kappa shape index (κ1) is 8.67. The molecule has 0 radical (unpaired) electrons. The molecule has 0 aliphatic carbocycles. The van der Waals surface area contributed by atoms with Crippen LogP contribution in [0.3, 0.4) is 0 Å². The Labute approximate surface area is 73.9 Å². The van der Waals surface area contributed by atoms with Crippen molar-refractivity contribution in [3.8, 4) is 0 Å². The van der Waals surface area contributed by atoms with E-state index >= 15 is 0 Å². The number of para-hydroxylation sites is 1. The zero-order chi connectivity index (χ0) is 9.14. The number of nitrogens with two attached hydrogens (primary N) is 1. The number of nitrogen functional groups attached to an aromatic ring is 1. The second-order valence-corrected chi connectivity index (χ2v) is 2.54. The molecular formula is C7H7ClN2O2. The second-order valence-electron chi connectivity index (χ2n) is 2.13. The quantitative estimate of drug-likeness (QED) is 0.588. The summed E-state index contributed by atoms with van der Waals surface area (Å²) >= 11 is 5.67. The molecule has 0 spiro atoms. The summed E-state index contributed by atoms with van der Waals surface area (Å²) in [6.07, 6.45) is -1.19. The molecular weight excluding hydrogens is 180 g/mol. The summed E-state index contributed by atoms with van der Waals surface area (Å²) < 4.78 is 0. The van der Waals surface area contributed by atoms with E-state index in [0.29, 0.717) is 5.69 Å². The first-order valence-corrected chi connectivity index (χ1v) is 3.53. The van der Waals surface area contributed by atoms with Crippen LogP contribution in [0.2, 0.25) is 5.02 Å². The van der Waals surface area contributed by atoms with Gasteiger partial charge < -0.3 is 10.8 Å². The molecule has 1 amide bonds. The lowest BCUT2D eigenvalue weighted by Gasteiger charge is -2.05. The Kier molecular flexibility index (Phi) is 2.40. The molecule has 0 aromatic heterocycles. The molecule has 0 fully saturated rings. The molecule has 1 aromatic rings. The fourth-order valence-corrected chi connectivity index (χ4v) is 1.01. The van der Waals surface area contributed by atoms with Crippen LogP contribution in [-0.2, 0) is 0 Å². The molecule has 1 aromatic carbocycles. The molecule has 0 aliphatic heterocycles. The Morgan fingerprint density at radius 2 is 2.25 bits per heavy atom. The number of benzene rings is 1. The van der Waals surface area contributed by atoms with Crippen molar-refractivity contribution in [2.45, 2.75) is 0 Å². The average Bonchev–Trinajstić information content (AvgIpc) is 1.97. The van der Waals surface area contributed by atoms with E-state index in [4.69, 9.17) is 22.4 Å². The number of hydrogen-bond donors (Lipinski definition) is 3. The van der Waals surface area contributed by atoms with Gasteiger partial charge in [0.2, 0.25) is 0 Å². The van der Waals surface area contributed by atoms with Crippen LogP contribution in [0.1, 0.15) is 0 Å². The smallest absolute Gasteiger partial charge is 0.409 e. The maximum absolute atomic E-state index is 10.2. The molecule has 0 saturated heterocycles. The van der Waals surface area contributed by atoms with Gasteiger partial charge in [0.25, 0.3) is 0 Å². The summed E-state index contributed by atoms with van der Waals surface area (Å²) in [5.41, 5.74) is 6.00. The van der Waals surface area contributed by atoms with Gasteiger partial charge in [-0.1, -0.05) is 17.7 Å². The first-order chi connectivity index (χ1) is 5.61. The molecule has 0 atom stereocenters. The van der Waals surface area contributed by atoms with Crippen molar-refractivity contribution in [2.24, 2.45) is 0 Å². The highest BCUT2D eigenvalue weighted by atomic mass is 35.5. The summed E-state index contributed by atoms with van der Waals surface area (Å²) in [6, 6.07) is 4.77. The number of anilines is 2. The van der Waals surface area contributed by atoms with Crippen molar-refractivity contribution in [1.82, 2.24) is 0 Å². The Balaban J connectivity index is 3.04. The van der Waals surface area contributed by atoms with Crippen LogP contribution in [0, 0.1) is 0 Å². The predicted octanol–water partition coefficient (Wildman–Crippen LogP) is 2.01. The van der Waals surface area contributed by atoms with Crippen molar-refractivity contribution in [2.75, 3.05) is 11.1 Å². The second kappa shape index (κ2) is 3.32. The van der Waals surface area contributed by atoms with E-state index in [1.807, 2.05) is 0 Å². The van der Waals surface area contributed by atoms with E-state index in [9.17, 15) is 4.79 Å². The molecule has 0 unspecified atom stereocenters. The highest BCUT2D eigenvalue weighted by molar-refractivity contribution is 6.34. The van der Waals surface area contributed by atoms with Gasteiger partial charge in [-0.3, -0.25) is 5.32 Å². The Morgan fingerprint density at radius 1 is 1.58 bits per heavy atom. The number of amides is 1. The van der Waals surface area contributed by atoms with Gasteiger partial charge in [-0.15, -0.1) is 0 Å². The van der Waals surface area contributed by atoms with Crippen molar-refractivity contribution in [3.05, 3.63) is 23.2 Å². The third-order valence-corrected chi connectivity index (χ3v) is 1.59. The van der Waals surface area contributed by atoms with E-state index < -0.39 is 6.09 Å². The van der Waals surface area contributed by atoms with E-state index in [1.54, 1.807) is 18.2 Å².